The van der Waals surface area contributed by atoms with E-state index in [1.807, 2.05) is 30.3 Å². The summed E-state index contributed by atoms with van der Waals surface area (Å²) in [6, 6.07) is 16.2. The number of nitrogens with zero attached hydrogens (tertiary/aromatic N) is 1. The molecule has 0 atom stereocenters. The second kappa shape index (κ2) is 7.79. The molecule has 0 bridgehead atoms. The van der Waals surface area contributed by atoms with Crippen molar-refractivity contribution >= 4 is 17.5 Å². The van der Waals surface area contributed by atoms with E-state index in [2.05, 4.69) is 15.8 Å². The number of aromatic nitrogens is 1. The number of carbonyl (C=O) groups excluding carboxylic acids is 2. The van der Waals surface area contributed by atoms with Gasteiger partial charge >= 0.3 is 0 Å². The van der Waals surface area contributed by atoms with E-state index in [0.29, 0.717) is 22.9 Å². The number of carbonyl (C=O) groups is 2. The lowest BCUT2D eigenvalue weighted by atomic mass is 10.1. The maximum atomic E-state index is 12.3. The molecule has 2 aromatic carbocycles. The van der Waals surface area contributed by atoms with Crippen LogP contribution in [-0.2, 0) is 4.79 Å². The van der Waals surface area contributed by atoms with Crippen LogP contribution in [0.15, 0.2) is 59.1 Å². The Labute approximate surface area is 178 Å². The van der Waals surface area contributed by atoms with Crippen LogP contribution in [0.2, 0.25) is 0 Å². The van der Waals surface area contributed by atoms with E-state index < -0.39 is 11.7 Å². The van der Waals surface area contributed by atoms with Crippen molar-refractivity contribution < 1.29 is 23.6 Å². The second-order valence-corrected chi connectivity index (χ2v) is 7.66. The molecule has 1 saturated carbocycles. The summed E-state index contributed by atoms with van der Waals surface area (Å²) in [4.78, 5) is 24.6. The molecule has 0 saturated heterocycles. The van der Waals surface area contributed by atoms with Crippen LogP contribution in [0.3, 0.4) is 0 Å². The van der Waals surface area contributed by atoms with Crippen molar-refractivity contribution in [2.24, 2.45) is 0 Å². The summed E-state index contributed by atoms with van der Waals surface area (Å²) in [6.07, 6.45) is 3.89. The summed E-state index contributed by atoms with van der Waals surface area (Å²) in [7, 11) is 0. The highest BCUT2D eigenvalue weighted by Gasteiger charge is 2.44. The Morgan fingerprint density at radius 3 is 2.55 bits per heavy atom. The molecular formula is C23H21N3O5. The summed E-state index contributed by atoms with van der Waals surface area (Å²) in [6.45, 7) is -0.204. The maximum Gasteiger partial charge on any atom is 0.273 e. The van der Waals surface area contributed by atoms with Gasteiger partial charge in [-0.15, -0.1) is 0 Å². The summed E-state index contributed by atoms with van der Waals surface area (Å²) >= 11 is 0. The Balaban J connectivity index is 1.16. The molecule has 2 heterocycles. The molecule has 1 spiro atoms. The van der Waals surface area contributed by atoms with Gasteiger partial charge in [0, 0.05) is 36.2 Å². The standard InChI is InChI=1S/C23H21N3O5/c27-21(14-24-22(28)17-13-19(31-26-17)15-6-2-1-3-7-15)25-16-8-9-18-20(12-16)30-23(29-18)10-4-5-11-23/h1-3,6-9,12-13H,4-5,10-11,14H2,(H,24,28)(H,25,27). The van der Waals surface area contributed by atoms with Crippen LogP contribution in [0.4, 0.5) is 5.69 Å². The van der Waals surface area contributed by atoms with E-state index in [0.717, 1.165) is 31.2 Å². The molecular weight excluding hydrogens is 398 g/mol. The third-order valence-corrected chi connectivity index (χ3v) is 5.40. The number of hydrogen-bond donors (Lipinski definition) is 2. The Hall–Kier alpha value is -3.81. The number of nitrogens with one attached hydrogen (secondary N) is 2. The number of rotatable bonds is 5. The van der Waals surface area contributed by atoms with Gasteiger partial charge in [0.15, 0.2) is 23.0 Å². The first-order valence-corrected chi connectivity index (χ1v) is 10.2. The summed E-state index contributed by atoms with van der Waals surface area (Å²) in [5.41, 5.74) is 1.50. The lowest BCUT2D eigenvalue weighted by molar-refractivity contribution is -0.115. The van der Waals surface area contributed by atoms with Crippen LogP contribution in [0.1, 0.15) is 36.2 Å². The average molecular weight is 419 g/mol. The van der Waals surface area contributed by atoms with Crippen LogP contribution in [-0.4, -0.2) is 29.3 Å². The van der Waals surface area contributed by atoms with Crippen molar-refractivity contribution in [3.63, 3.8) is 0 Å². The highest BCUT2D eigenvalue weighted by atomic mass is 16.7. The van der Waals surface area contributed by atoms with Crippen LogP contribution in [0.25, 0.3) is 11.3 Å². The first-order chi connectivity index (χ1) is 15.1. The minimum absolute atomic E-state index is 0.108. The van der Waals surface area contributed by atoms with Gasteiger partial charge in [0.2, 0.25) is 5.91 Å². The average Bonchev–Trinajstić information content (AvgIpc) is 3.52. The van der Waals surface area contributed by atoms with Gasteiger partial charge in [0.05, 0.1) is 6.54 Å². The van der Waals surface area contributed by atoms with E-state index in [4.69, 9.17) is 14.0 Å². The molecule has 158 valence electrons. The third-order valence-electron chi connectivity index (χ3n) is 5.40. The van der Waals surface area contributed by atoms with Gasteiger partial charge in [0.1, 0.15) is 0 Å². The molecule has 2 aliphatic rings. The lowest BCUT2D eigenvalue weighted by Gasteiger charge is -2.21. The monoisotopic (exact) mass is 419 g/mol. The highest BCUT2D eigenvalue weighted by Crippen LogP contribution is 2.47. The summed E-state index contributed by atoms with van der Waals surface area (Å²) in [5, 5.41) is 9.08. The van der Waals surface area contributed by atoms with Crippen molar-refractivity contribution in [3.05, 3.63) is 60.3 Å². The van der Waals surface area contributed by atoms with Gasteiger partial charge < -0.3 is 24.6 Å². The molecule has 5 rings (SSSR count). The van der Waals surface area contributed by atoms with Crippen LogP contribution >= 0.6 is 0 Å². The first-order valence-electron chi connectivity index (χ1n) is 10.2. The van der Waals surface area contributed by atoms with Crippen molar-refractivity contribution in [2.75, 3.05) is 11.9 Å². The molecule has 31 heavy (non-hydrogen) atoms. The molecule has 1 aliphatic heterocycles. The number of amides is 2. The largest absolute Gasteiger partial charge is 0.448 e. The van der Waals surface area contributed by atoms with E-state index in [1.165, 1.54) is 0 Å². The second-order valence-electron chi connectivity index (χ2n) is 7.66. The van der Waals surface area contributed by atoms with Gasteiger partial charge in [-0.05, 0) is 25.0 Å². The third kappa shape index (κ3) is 3.96. The van der Waals surface area contributed by atoms with Gasteiger partial charge in [-0.3, -0.25) is 9.59 Å². The zero-order valence-electron chi connectivity index (χ0n) is 16.7. The van der Waals surface area contributed by atoms with Gasteiger partial charge in [-0.1, -0.05) is 35.5 Å². The van der Waals surface area contributed by atoms with Crippen LogP contribution in [0.5, 0.6) is 11.5 Å². The first kappa shape index (κ1) is 19.2. The van der Waals surface area contributed by atoms with Crippen molar-refractivity contribution in [1.82, 2.24) is 10.5 Å². The normalized spacial score (nSPS) is 15.7. The lowest BCUT2D eigenvalue weighted by Crippen LogP contribution is -2.34. The topological polar surface area (TPSA) is 103 Å². The van der Waals surface area contributed by atoms with Crippen molar-refractivity contribution in [1.29, 1.82) is 0 Å². The number of hydrogen-bond acceptors (Lipinski definition) is 6. The van der Waals surface area contributed by atoms with Gasteiger partial charge in [-0.2, -0.15) is 0 Å². The minimum atomic E-state index is -0.546. The van der Waals surface area contributed by atoms with E-state index in [-0.39, 0.29) is 18.1 Å². The molecule has 3 aromatic rings. The molecule has 1 fully saturated rings. The molecule has 8 heteroatoms. The zero-order chi connectivity index (χ0) is 21.3. The fourth-order valence-corrected chi connectivity index (χ4v) is 3.87. The number of benzene rings is 2. The maximum absolute atomic E-state index is 12.3. The van der Waals surface area contributed by atoms with Gasteiger partial charge in [0.25, 0.3) is 11.7 Å². The molecule has 8 nitrogen and oxygen atoms in total. The fourth-order valence-electron chi connectivity index (χ4n) is 3.87. The molecule has 1 aromatic heterocycles. The number of ether oxygens (including phenoxy) is 2. The zero-order valence-corrected chi connectivity index (χ0v) is 16.7. The quantitative estimate of drug-likeness (QED) is 0.653. The minimum Gasteiger partial charge on any atom is -0.448 e. The fraction of sp³-hybridized carbons (Fsp3) is 0.261. The van der Waals surface area contributed by atoms with Crippen LogP contribution < -0.4 is 20.1 Å². The van der Waals surface area contributed by atoms with Gasteiger partial charge in [-0.25, -0.2) is 0 Å². The Morgan fingerprint density at radius 2 is 1.74 bits per heavy atom. The van der Waals surface area contributed by atoms with Crippen LogP contribution in [0, 0.1) is 0 Å². The predicted octanol–water partition coefficient (Wildman–Crippen LogP) is 3.75. The van der Waals surface area contributed by atoms with E-state index in [1.54, 1.807) is 24.3 Å². The number of anilines is 1. The van der Waals surface area contributed by atoms with Crippen molar-refractivity contribution in [2.45, 2.75) is 31.5 Å². The van der Waals surface area contributed by atoms with Crippen molar-refractivity contribution in [3.8, 4) is 22.8 Å². The molecule has 2 amide bonds. The van der Waals surface area contributed by atoms with E-state index in [9.17, 15) is 9.59 Å². The molecule has 2 N–H and O–H groups in total. The highest BCUT2D eigenvalue weighted by molar-refractivity contribution is 5.98. The Bertz CT molecular complexity index is 1120. The SMILES string of the molecule is O=C(CNC(=O)c1cc(-c2ccccc2)on1)Nc1ccc2c(c1)OC1(CCCC1)O2. The smallest absolute Gasteiger partial charge is 0.273 e. The van der Waals surface area contributed by atoms with E-state index >= 15 is 0 Å². The molecule has 0 unspecified atom stereocenters. The Morgan fingerprint density at radius 1 is 0.968 bits per heavy atom. The summed E-state index contributed by atoms with van der Waals surface area (Å²) in [5.74, 6) is 0.392. The predicted molar refractivity (Wildman–Crippen MR) is 112 cm³/mol. The summed E-state index contributed by atoms with van der Waals surface area (Å²) < 4.78 is 17.2. The molecule has 0 radical (unpaired) electrons. The Kier molecular flexibility index (Phi) is 4.82. The molecule has 1 aliphatic carbocycles. The number of fused-ring (bicyclic) bond motifs is 1.